The van der Waals surface area contributed by atoms with E-state index in [-0.39, 0.29) is 0 Å². The summed E-state index contributed by atoms with van der Waals surface area (Å²) in [6.07, 6.45) is 1.80. The molecular formula is C13H12ClN5S. The van der Waals surface area contributed by atoms with Gasteiger partial charge in [0.15, 0.2) is 5.01 Å². The quantitative estimate of drug-likeness (QED) is 0.806. The molecule has 2 aromatic heterocycles. The SMILES string of the molecule is CNc1nnc(-c2cnn(-c3cccc(Cl)c3)c2C)s1. The van der Waals surface area contributed by atoms with Crippen LogP contribution < -0.4 is 5.32 Å². The van der Waals surface area contributed by atoms with E-state index in [1.165, 1.54) is 11.3 Å². The van der Waals surface area contributed by atoms with E-state index < -0.39 is 0 Å². The van der Waals surface area contributed by atoms with Gasteiger partial charge in [-0.15, -0.1) is 10.2 Å². The number of nitrogens with zero attached hydrogens (tertiary/aromatic N) is 4. The molecule has 7 heteroatoms. The third-order valence-corrected chi connectivity index (χ3v) is 4.14. The highest BCUT2D eigenvalue weighted by Crippen LogP contribution is 2.29. The van der Waals surface area contributed by atoms with E-state index in [2.05, 4.69) is 20.6 Å². The molecule has 0 aliphatic carbocycles. The second-order valence-corrected chi connectivity index (χ2v) is 5.61. The molecule has 3 aromatic rings. The van der Waals surface area contributed by atoms with Crippen molar-refractivity contribution in [2.75, 3.05) is 12.4 Å². The monoisotopic (exact) mass is 305 g/mol. The Morgan fingerprint density at radius 3 is 2.85 bits per heavy atom. The smallest absolute Gasteiger partial charge is 0.205 e. The molecule has 0 unspecified atom stereocenters. The summed E-state index contributed by atoms with van der Waals surface area (Å²) < 4.78 is 1.85. The van der Waals surface area contributed by atoms with Gasteiger partial charge in [-0.3, -0.25) is 0 Å². The average molecular weight is 306 g/mol. The minimum atomic E-state index is 0.687. The number of benzene rings is 1. The van der Waals surface area contributed by atoms with Crippen LogP contribution in [0.1, 0.15) is 5.69 Å². The fourth-order valence-electron chi connectivity index (χ4n) is 1.92. The van der Waals surface area contributed by atoms with Crippen molar-refractivity contribution in [2.24, 2.45) is 0 Å². The first-order valence-corrected chi connectivity index (χ1v) is 7.20. The average Bonchev–Trinajstić information content (AvgIpc) is 3.04. The lowest BCUT2D eigenvalue weighted by molar-refractivity contribution is 0.847. The van der Waals surface area contributed by atoms with Crippen LogP contribution in [0.25, 0.3) is 16.3 Å². The van der Waals surface area contributed by atoms with E-state index in [0.717, 1.165) is 27.1 Å². The molecular weight excluding hydrogens is 294 g/mol. The Bertz CT molecular complexity index is 749. The summed E-state index contributed by atoms with van der Waals surface area (Å²) in [7, 11) is 1.83. The molecule has 2 heterocycles. The highest BCUT2D eigenvalue weighted by Gasteiger charge is 2.14. The minimum absolute atomic E-state index is 0.687. The Hall–Kier alpha value is -1.92. The van der Waals surface area contributed by atoms with Crippen LogP contribution in [0.2, 0.25) is 5.02 Å². The van der Waals surface area contributed by atoms with Crippen LogP contribution in [-0.4, -0.2) is 27.0 Å². The van der Waals surface area contributed by atoms with Crippen molar-refractivity contribution in [1.29, 1.82) is 0 Å². The van der Waals surface area contributed by atoms with Crippen LogP contribution >= 0.6 is 22.9 Å². The van der Waals surface area contributed by atoms with Gasteiger partial charge in [-0.05, 0) is 25.1 Å². The Balaban J connectivity index is 2.04. The topological polar surface area (TPSA) is 55.6 Å². The van der Waals surface area contributed by atoms with Crippen molar-refractivity contribution >= 4 is 28.1 Å². The van der Waals surface area contributed by atoms with Gasteiger partial charge in [-0.25, -0.2) is 4.68 Å². The Morgan fingerprint density at radius 1 is 1.30 bits per heavy atom. The van der Waals surface area contributed by atoms with Crippen molar-refractivity contribution < 1.29 is 0 Å². The zero-order chi connectivity index (χ0) is 14.1. The van der Waals surface area contributed by atoms with E-state index in [1.54, 1.807) is 6.20 Å². The van der Waals surface area contributed by atoms with Gasteiger partial charge in [0.05, 0.1) is 23.1 Å². The highest BCUT2D eigenvalue weighted by molar-refractivity contribution is 7.18. The zero-order valence-corrected chi connectivity index (χ0v) is 12.5. The molecule has 102 valence electrons. The number of halogens is 1. The minimum Gasteiger partial charge on any atom is -0.363 e. The van der Waals surface area contributed by atoms with Crippen molar-refractivity contribution in [3.63, 3.8) is 0 Å². The van der Waals surface area contributed by atoms with E-state index in [0.29, 0.717) is 5.02 Å². The number of hydrogen-bond donors (Lipinski definition) is 1. The van der Waals surface area contributed by atoms with Gasteiger partial charge in [-0.2, -0.15) is 5.10 Å². The van der Waals surface area contributed by atoms with Crippen LogP contribution in [0, 0.1) is 6.92 Å². The van der Waals surface area contributed by atoms with Gasteiger partial charge < -0.3 is 5.32 Å². The summed E-state index contributed by atoms with van der Waals surface area (Å²) in [6.45, 7) is 2.00. The van der Waals surface area contributed by atoms with E-state index >= 15 is 0 Å². The molecule has 0 aliphatic heterocycles. The third kappa shape index (κ3) is 2.28. The molecule has 0 aliphatic rings. The van der Waals surface area contributed by atoms with Crippen molar-refractivity contribution in [1.82, 2.24) is 20.0 Å². The summed E-state index contributed by atoms with van der Waals surface area (Å²) in [5, 5.41) is 17.9. The number of hydrogen-bond acceptors (Lipinski definition) is 5. The molecule has 0 spiro atoms. The molecule has 0 saturated heterocycles. The molecule has 0 bridgehead atoms. The summed E-state index contributed by atoms with van der Waals surface area (Å²) in [5.41, 5.74) is 2.91. The molecule has 0 saturated carbocycles. The third-order valence-electron chi connectivity index (χ3n) is 2.93. The second-order valence-electron chi connectivity index (χ2n) is 4.20. The van der Waals surface area contributed by atoms with Crippen LogP contribution in [0.5, 0.6) is 0 Å². The van der Waals surface area contributed by atoms with Crippen molar-refractivity contribution in [3.8, 4) is 16.3 Å². The number of anilines is 1. The number of rotatable bonds is 3. The van der Waals surface area contributed by atoms with Gasteiger partial charge in [0.25, 0.3) is 0 Å². The van der Waals surface area contributed by atoms with Gasteiger partial charge in [0, 0.05) is 12.1 Å². The molecule has 5 nitrogen and oxygen atoms in total. The normalized spacial score (nSPS) is 10.8. The zero-order valence-electron chi connectivity index (χ0n) is 11.0. The van der Waals surface area contributed by atoms with Crippen molar-refractivity contribution in [3.05, 3.63) is 41.2 Å². The molecule has 3 rings (SSSR count). The molecule has 1 aromatic carbocycles. The van der Waals surface area contributed by atoms with E-state index in [4.69, 9.17) is 11.6 Å². The van der Waals surface area contributed by atoms with Crippen LogP contribution in [0.4, 0.5) is 5.13 Å². The van der Waals surface area contributed by atoms with Crippen LogP contribution in [0.15, 0.2) is 30.5 Å². The molecule has 20 heavy (non-hydrogen) atoms. The number of aromatic nitrogens is 4. The van der Waals surface area contributed by atoms with E-state index in [9.17, 15) is 0 Å². The maximum Gasteiger partial charge on any atom is 0.205 e. The van der Waals surface area contributed by atoms with Gasteiger partial charge in [0.1, 0.15) is 0 Å². The lowest BCUT2D eigenvalue weighted by Gasteiger charge is -2.04. The Morgan fingerprint density at radius 2 is 2.15 bits per heavy atom. The van der Waals surface area contributed by atoms with E-state index in [1.807, 2.05) is 42.9 Å². The van der Waals surface area contributed by atoms with Gasteiger partial charge in [-0.1, -0.05) is 29.0 Å². The van der Waals surface area contributed by atoms with Crippen LogP contribution in [-0.2, 0) is 0 Å². The first kappa shape index (κ1) is 13.1. The van der Waals surface area contributed by atoms with Crippen molar-refractivity contribution in [2.45, 2.75) is 6.92 Å². The highest BCUT2D eigenvalue weighted by atomic mass is 35.5. The summed E-state index contributed by atoms with van der Waals surface area (Å²) >= 11 is 7.52. The number of nitrogens with one attached hydrogen (secondary N) is 1. The molecule has 0 atom stereocenters. The summed E-state index contributed by atoms with van der Waals surface area (Å²) in [6, 6.07) is 7.59. The predicted molar refractivity (Wildman–Crippen MR) is 81.8 cm³/mol. The molecule has 1 N–H and O–H groups in total. The fraction of sp³-hybridized carbons (Fsp3) is 0.154. The molecule has 0 radical (unpaired) electrons. The lowest BCUT2D eigenvalue weighted by atomic mass is 10.2. The predicted octanol–water partition coefficient (Wildman–Crippen LogP) is 3.39. The standard InChI is InChI=1S/C13H12ClN5S/c1-8-11(12-17-18-13(15-2)20-12)7-16-19(8)10-5-3-4-9(14)6-10/h3-7H,1-2H3,(H,15,18). The maximum atomic E-state index is 6.02. The maximum absolute atomic E-state index is 6.02. The molecule has 0 fully saturated rings. The first-order valence-electron chi connectivity index (χ1n) is 6.01. The second kappa shape index (κ2) is 5.22. The lowest BCUT2D eigenvalue weighted by Crippen LogP contribution is -1.98. The van der Waals surface area contributed by atoms with Crippen LogP contribution in [0.3, 0.4) is 0 Å². The fourth-order valence-corrected chi connectivity index (χ4v) is 2.86. The van der Waals surface area contributed by atoms with Gasteiger partial charge in [0.2, 0.25) is 5.13 Å². The summed E-state index contributed by atoms with van der Waals surface area (Å²) in [5.74, 6) is 0. The Kier molecular flexibility index (Phi) is 3.42. The largest absolute Gasteiger partial charge is 0.363 e. The van der Waals surface area contributed by atoms with Gasteiger partial charge >= 0.3 is 0 Å². The summed E-state index contributed by atoms with van der Waals surface area (Å²) in [4.78, 5) is 0. The molecule has 0 amide bonds. The first-order chi connectivity index (χ1) is 9.69. The Labute approximate surface area is 125 Å².